The maximum Gasteiger partial charge on any atom is 0.282 e. The van der Waals surface area contributed by atoms with Gasteiger partial charge in [0.1, 0.15) is 11.3 Å². The van der Waals surface area contributed by atoms with E-state index in [9.17, 15) is 4.79 Å². The van der Waals surface area contributed by atoms with E-state index >= 15 is 0 Å². The van der Waals surface area contributed by atoms with Crippen molar-refractivity contribution in [3.8, 4) is 0 Å². The molecule has 0 atom stereocenters. The van der Waals surface area contributed by atoms with Gasteiger partial charge >= 0.3 is 0 Å². The number of ether oxygens (including phenoxy) is 1. The van der Waals surface area contributed by atoms with Crippen LogP contribution in [0.3, 0.4) is 0 Å². The molecule has 152 valence electrons. The molecule has 0 spiro atoms. The summed E-state index contributed by atoms with van der Waals surface area (Å²) in [6.07, 6.45) is 0. The van der Waals surface area contributed by atoms with Crippen LogP contribution in [0.5, 0.6) is 0 Å². The summed E-state index contributed by atoms with van der Waals surface area (Å²) in [5.41, 5.74) is 3.75. The van der Waals surface area contributed by atoms with Crippen molar-refractivity contribution < 1.29 is 14.4 Å². The molecule has 0 bridgehead atoms. The highest BCUT2D eigenvalue weighted by Crippen LogP contribution is 2.43. The number of aryl methyl sites for hydroxylation is 3. The van der Waals surface area contributed by atoms with Gasteiger partial charge in [0, 0.05) is 4.90 Å². The van der Waals surface area contributed by atoms with Crippen molar-refractivity contribution in [2.45, 2.75) is 45.1 Å². The van der Waals surface area contributed by atoms with Crippen molar-refractivity contribution in [2.24, 2.45) is 0 Å². The van der Waals surface area contributed by atoms with Gasteiger partial charge in [-0.05, 0) is 87.4 Å². The van der Waals surface area contributed by atoms with Gasteiger partial charge in [0.2, 0.25) is 4.38 Å². The summed E-state index contributed by atoms with van der Waals surface area (Å²) >= 11 is 6.87. The molecule has 0 N–H and O–H groups in total. The third-order valence-corrected chi connectivity index (χ3v) is 6.02. The third kappa shape index (κ3) is 4.10. The SMILES string of the molecule is CON1C(=O)C(c2c(C)cc(C)cc2C)=C(OC(=S)Sc2ccccc2)C1(C)C. The lowest BCUT2D eigenvalue weighted by molar-refractivity contribution is -0.189. The first-order valence-electron chi connectivity index (χ1n) is 9.33. The highest BCUT2D eigenvalue weighted by molar-refractivity contribution is 8.22. The van der Waals surface area contributed by atoms with Gasteiger partial charge in [-0.15, -0.1) is 0 Å². The zero-order valence-corrected chi connectivity index (χ0v) is 19.2. The Kier molecular flexibility index (Phi) is 6.17. The molecule has 0 aliphatic carbocycles. The summed E-state index contributed by atoms with van der Waals surface area (Å²) in [5, 5.41) is 1.35. The Labute approximate surface area is 181 Å². The topological polar surface area (TPSA) is 38.8 Å². The summed E-state index contributed by atoms with van der Waals surface area (Å²) < 4.78 is 6.51. The van der Waals surface area contributed by atoms with Crippen LogP contribution in [0, 0.1) is 20.8 Å². The van der Waals surface area contributed by atoms with E-state index in [1.54, 1.807) is 0 Å². The molecule has 0 saturated carbocycles. The van der Waals surface area contributed by atoms with E-state index in [-0.39, 0.29) is 5.91 Å². The van der Waals surface area contributed by atoms with E-state index in [4.69, 9.17) is 21.8 Å². The van der Waals surface area contributed by atoms with Crippen LogP contribution >= 0.6 is 24.0 Å². The Bertz CT molecular complexity index is 973. The van der Waals surface area contributed by atoms with Crippen molar-refractivity contribution in [3.63, 3.8) is 0 Å². The zero-order chi connectivity index (χ0) is 21.3. The van der Waals surface area contributed by atoms with Crippen LogP contribution in [0.2, 0.25) is 0 Å². The van der Waals surface area contributed by atoms with Gasteiger partial charge in [0.15, 0.2) is 0 Å². The van der Waals surface area contributed by atoms with Crippen molar-refractivity contribution in [3.05, 3.63) is 70.5 Å². The summed E-state index contributed by atoms with van der Waals surface area (Å²) in [4.78, 5) is 19.7. The average Bonchev–Trinajstić information content (AvgIpc) is 2.81. The van der Waals surface area contributed by atoms with Crippen LogP contribution in [-0.2, 0) is 14.4 Å². The maximum atomic E-state index is 13.3. The minimum Gasteiger partial charge on any atom is -0.440 e. The molecule has 29 heavy (non-hydrogen) atoms. The quantitative estimate of drug-likeness (QED) is 0.469. The number of carbonyl (C=O) groups is 1. The number of hydrogen-bond donors (Lipinski definition) is 0. The minimum absolute atomic E-state index is 0.227. The maximum absolute atomic E-state index is 13.3. The van der Waals surface area contributed by atoms with Gasteiger partial charge in [-0.3, -0.25) is 9.63 Å². The van der Waals surface area contributed by atoms with Crippen molar-refractivity contribution in [2.75, 3.05) is 7.11 Å². The van der Waals surface area contributed by atoms with Crippen LogP contribution in [0.15, 0.2) is 53.1 Å². The molecule has 0 unspecified atom stereocenters. The molecular weight excluding hydrogens is 402 g/mol. The summed E-state index contributed by atoms with van der Waals surface area (Å²) in [5.74, 6) is 0.280. The molecule has 1 aliphatic rings. The fourth-order valence-electron chi connectivity index (χ4n) is 3.82. The zero-order valence-electron chi connectivity index (χ0n) is 17.5. The number of carbonyl (C=O) groups excluding carboxylic acids is 1. The predicted molar refractivity (Wildman–Crippen MR) is 121 cm³/mol. The van der Waals surface area contributed by atoms with E-state index in [1.807, 2.05) is 65.0 Å². The fourth-order valence-corrected chi connectivity index (χ4v) is 4.80. The molecule has 2 aromatic carbocycles. The molecule has 0 radical (unpaired) electrons. The third-order valence-electron chi connectivity index (χ3n) is 4.93. The number of thiocarbonyl (C=S) groups is 1. The summed E-state index contributed by atoms with van der Waals surface area (Å²) in [6.45, 7) is 9.85. The fraction of sp³-hybridized carbons (Fsp3) is 0.304. The van der Waals surface area contributed by atoms with Crippen LogP contribution in [0.4, 0.5) is 0 Å². The molecule has 6 heteroatoms. The van der Waals surface area contributed by atoms with Gasteiger partial charge < -0.3 is 4.74 Å². The highest BCUT2D eigenvalue weighted by Gasteiger charge is 2.49. The molecule has 3 rings (SSSR count). The van der Waals surface area contributed by atoms with Crippen LogP contribution in [0.25, 0.3) is 5.57 Å². The lowest BCUT2D eigenvalue weighted by atomic mass is 9.91. The van der Waals surface area contributed by atoms with Crippen molar-refractivity contribution >= 4 is 39.8 Å². The lowest BCUT2D eigenvalue weighted by Crippen LogP contribution is -2.43. The second-order valence-corrected chi connectivity index (χ2v) is 9.26. The molecule has 2 aromatic rings. The smallest absolute Gasteiger partial charge is 0.282 e. The second-order valence-electron chi connectivity index (χ2n) is 7.59. The molecule has 0 saturated heterocycles. The largest absolute Gasteiger partial charge is 0.440 e. The first-order valence-corrected chi connectivity index (χ1v) is 10.6. The number of hydroxylamine groups is 2. The van der Waals surface area contributed by atoms with E-state index in [1.165, 1.54) is 23.9 Å². The van der Waals surface area contributed by atoms with Gasteiger partial charge in [-0.25, -0.2) is 5.06 Å². The number of rotatable bonds is 4. The second kappa shape index (κ2) is 8.30. The predicted octanol–water partition coefficient (Wildman–Crippen LogP) is 5.60. The molecule has 1 heterocycles. The van der Waals surface area contributed by atoms with Crippen LogP contribution in [0.1, 0.15) is 36.1 Å². The van der Waals surface area contributed by atoms with Crippen LogP contribution in [-0.4, -0.2) is 28.0 Å². The Balaban J connectivity index is 2.09. The summed E-state index contributed by atoms with van der Waals surface area (Å²) in [6, 6.07) is 13.9. The number of nitrogens with zero attached hydrogens (tertiary/aromatic N) is 1. The number of thioether (sulfide) groups is 1. The highest BCUT2D eigenvalue weighted by atomic mass is 32.2. The lowest BCUT2D eigenvalue weighted by Gasteiger charge is -2.30. The van der Waals surface area contributed by atoms with E-state index < -0.39 is 5.54 Å². The number of hydrogen-bond acceptors (Lipinski definition) is 5. The molecular formula is C23H25NO3S2. The van der Waals surface area contributed by atoms with E-state index in [0.717, 1.165) is 27.1 Å². The summed E-state index contributed by atoms with van der Waals surface area (Å²) in [7, 11) is 1.49. The Morgan fingerprint density at radius 1 is 1.07 bits per heavy atom. The Morgan fingerprint density at radius 3 is 2.21 bits per heavy atom. The van der Waals surface area contributed by atoms with Crippen molar-refractivity contribution in [1.29, 1.82) is 0 Å². The van der Waals surface area contributed by atoms with E-state index in [0.29, 0.717) is 15.7 Å². The molecule has 0 fully saturated rings. The number of amides is 1. The van der Waals surface area contributed by atoms with Crippen LogP contribution < -0.4 is 0 Å². The van der Waals surface area contributed by atoms with Gasteiger partial charge in [-0.1, -0.05) is 35.9 Å². The van der Waals surface area contributed by atoms with Gasteiger partial charge in [0.05, 0.1) is 12.7 Å². The molecule has 1 aliphatic heterocycles. The standard InChI is InChI=1S/C23H25NO3S2/c1-14-12-15(2)18(16(3)13-14)19-20(23(4,5)24(26-6)21(19)25)27-22(28)29-17-10-8-7-9-11-17/h7-13H,1-6H3. The van der Waals surface area contributed by atoms with Gasteiger partial charge in [0.25, 0.3) is 5.91 Å². The van der Waals surface area contributed by atoms with E-state index in [2.05, 4.69) is 12.1 Å². The molecule has 4 nitrogen and oxygen atoms in total. The van der Waals surface area contributed by atoms with Crippen molar-refractivity contribution in [1.82, 2.24) is 5.06 Å². The number of benzene rings is 2. The molecule has 0 aromatic heterocycles. The van der Waals surface area contributed by atoms with Gasteiger partial charge in [-0.2, -0.15) is 0 Å². The monoisotopic (exact) mass is 427 g/mol. The normalized spacial score (nSPS) is 15.8. The first-order chi connectivity index (χ1) is 13.7. The average molecular weight is 428 g/mol. The minimum atomic E-state index is -0.799. The Morgan fingerprint density at radius 2 is 1.66 bits per heavy atom. The first kappa shape index (κ1) is 21.6. The Hall–Kier alpha value is -2.15. The molecule has 1 amide bonds.